The van der Waals surface area contributed by atoms with Crippen LogP contribution in [0.25, 0.3) is 0 Å². The second-order valence-corrected chi connectivity index (χ2v) is 2.40. The molecule has 0 aromatic heterocycles. The van der Waals surface area contributed by atoms with Gasteiger partial charge >= 0.3 is 0 Å². The van der Waals surface area contributed by atoms with Crippen molar-refractivity contribution >= 4 is 0 Å². The van der Waals surface area contributed by atoms with E-state index in [9.17, 15) is 0 Å². The van der Waals surface area contributed by atoms with E-state index >= 15 is 0 Å². The molecular formula is C9H13. The normalized spacial score (nSPS) is 24.8. The van der Waals surface area contributed by atoms with Crippen LogP contribution < -0.4 is 0 Å². The second-order valence-electron chi connectivity index (χ2n) is 2.40. The van der Waals surface area contributed by atoms with E-state index in [2.05, 4.69) is 31.2 Å². The molecule has 1 radical (unpaired) electrons. The minimum absolute atomic E-state index is 0.747. The van der Waals surface area contributed by atoms with Gasteiger partial charge in [-0.3, -0.25) is 0 Å². The lowest BCUT2D eigenvalue weighted by Gasteiger charge is -2.11. The summed E-state index contributed by atoms with van der Waals surface area (Å²) in [6.07, 6.45) is 12.3. The number of rotatable bonds is 3. The summed E-state index contributed by atoms with van der Waals surface area (Å²) in [4.78, 5) is 0. The van der Waals surface area contributed by atoms with E-state index in [0.29, 0.717) is 0 Å². The predicted octanol–water partition coefficient (Wildman–Crippen LogP) is 2.73. The van der Waals surface area contributed by atoms with Gasteiger partial charge in [-0.25, -0.2) is 0 Å². The first-order chi connectivity index (χ1) is 4.43. The molecule has 1 aliphatic rings. The fraction of sp³-hybridized carbons (Fsp3) is 0.444. The first kappa shape index (κ1) is 6.60. The zero-order valence-corrected chi connectivity index (χ0v) is 5.72. The molecule has 0 saturated carbocycles. The van der Waals surface area contributed by atoms with Crippen molar-refractivity contribution in [2.45, 2.75) is 19.3 Å². The molecule has 0 nitrogen and oxygen atoms in total. The Hall–Kier alpha value is -0.520. The third-order valence-electron chi connectivity index (χ3n) is 1.55. The molecule has 0 spiro atoms. The average molecular weight is 121 g/mol. The van der Waals surface area contributed by atoms with Crippen LogP contribution in [-0.2, 0) is 0 Å². The minimum Gasteiger partial charge on any atom is -0.0879 e. The van der Waals surface area contributed by atoms with Crippen LogP contribution >= 0.6 is 0 Å². The van der Waals surface area contributed by atoms with Gasteiger partial charge in [0.25, 0.3) is 0 Å². The molecule has 0 bridgehead atoms. The fourth-order valence-corrected chi connectivity index (χ4v) is 0.825. The third kappa shape index (κ3) is 2.05. The molecule has 0 saturated heterocycles. The van der Waals surface area contributed by atoms with Crippen molar-refractivity contribution in [3.8, 4) is 0 Å². The molecule has 0 aliphatic heterocycles. The van der Waals surface area contributed by atoms with Gasteiger partial charge in [-0.05, 0) is 25.2 Å². The lowest BCUT2D eigenvalue weighted by Crippen LogP contribution is -1.97. The van der Waals surface area contributed by atoms with Crippen LogP contribution in [0.5, 0.6) is 0 Å². The van der Waals surface area contributed by atoms with Gasteiger partial charge in [0.1, 0.15) is 0 Å². The van der Waals surface area contributed by atoms with E-state index in [1.165, 1.54) is 6.42 Å². The van der Waals surface area contributed by atoms with E-state index in [4.69, 9.17) is 0 Å². The van der Waals surface area contributed by atoms with Crippen molar-refractivity contribution in [2.75, 3.05) is 0 Å². The number of unbranched alkanes of at least 4 members (excludes halogenated alkanes) is 1. The van der Waals surface area contributed by atoms with Crippen LogP contribution in [0.4, 0.5) is 0 Å². The van der Waals surface area contributed by atoms with Crippen molar-refractivity contribution < 1.29 is 0 Å². The number of hydrogen-bond donors (Lipinski definition) is 0. The van der Waals surface area contributed by atoms with E-state index < -0.39 is 0 Å². The Labute approximate surface area is 57.3 Å². The standard InChI is InChI=1S/C9H13/c1-2-3-4-6-9-7-5-8-9/h4-7,9H,1-3,8H2. The summed E-state index contributed by atoms with van der Waals surface area (Å²) < 4.78 is 0. The topological polar surface area (TPSA) is 0 Å². The molecule has 1 unspecified atom stereocenters. The lowest BCUT2D eigenvalue weighted by molar-refractivity contribution is 0.755. The lowest BCUT2D eigenvalue weighted by atomic mass is 9.95. The second kappa shape index (κ2) is 3.49. The maximum Gasteiger partial charge on any atom is -0.00190 e. The maximum absolute atomic E-state index is 3.76. The Balaban J connectivity index is 2.08. The highest BCUT2D eigenvalue weighted by atomic mass is 14.1. The van der Waals surface area contributed by atoms with Gasteiger partial charge in [-0.15, -0.1) is 0 Å². The molecule has 0 aromatic rings. The molecule has 49 valence electrons. The monoisotopic (exact) mass is 121 g/mol. The summed E-state index contributed by atoms with van der Waals surface area (Å²) in [7, 11) is 0. The highest BCUT2D eigenvalue weighted by molar-refractivity contribution is 5.10. The van der Waals surface area contributed by atoms with Gasteiger partial charge in [-0.1, -0.05) is 31.2 Å². The van der Waals surface area contributed by atoms with E-state index in [1.54, 1.807) is 0 Å². The third-order valence-corrected chi connectivity index (χ3v) is 1.55. The molecule has 9 heavy (non-hydrogen) atoms. The summed E-state index contributed by atoms with van der Waals surface area (Å²) in [6, 6.07) is 0. The first-order valence-corrected chi connectivity index (χ1v) is 3.56. The Morgan fingerprint density at radius 2 is 2.44 bits per heavy atom. The summed E-state index contributed by atoms with van der Waals surface area (Å²) in [5, 5.41) is 0. The van der Waals surface area contributed by atoms with Gasteiger partial charge in [0, 0.05) is 0 Å². The van der Waals surface area contributed by atoms with E-state index in [1.807, 2.05) is 0 Å². The Morgan fingerprint density at radius 3 is 2.89 bits per heavy atom. The van der Waals surface area contributed by atoms with Gasteiger partial charge in [0.15, 0.2) is 0 Å². The van der Waals surface area contributed by atoms with Crippen LogP contribution in [-0.4, -0.2) is 0 Å². The number of hydrogen-bond acceptors (Lipinski definition) is 0. The van der Waals surface area contributed by atoms with Crippen LogP contribution in [0.2, 0.25) is 0 Å². The summed E-state index contributed by atoms with van der Waals surface area (Å²) in [5.74, 6) is 0.747. The fourth-order valence-electron chi connectivity index (χ4n) is 0.825. The molecule has 0 aromatic carbocycles. The summed E-state index contributed by atoms with van der Waals surface area (Å²) in [6.45, 7) is 3.76. The summed E-state index contributed by atoms with van der Waals surface area (Å²) >= 11 is 0. The average Bonchev–Trinajstić information content (AvgIpc) is 1.76. The SMILES string of the molecule is [CH2]CCC=CC1C=CC1. The molecule has 0 heteroatoms. The van der Waals surface area contributed by atoms with Gasteiger partial charge in [0.2, 0.25) is 0 Å². The van der Waals surface area contributed by atoms with Crippen molar-refractivity contribution in [1.29, 1.82) is 0 Å². The Morgan fingerprint density at radius 1 is 1.67 bits per heavy atom. The Kier molecular flexibility index (Phi) is 2.56. The molecule has 0 N–H and O–H groups in total. The molecule has 0 fully saturated rings. The van der Waals surface area contributed by atoms with E-state index in [-0.39, 0.29) is 0 Å². The minimum atomic E-state index is 0.747. The summed E-state index contributed by atoms with van der Waals surface area (Å²) in [5.41, 5.74) is 0. The van der Waals surface area contributed by atoms with Crippen LogP contribution in [0.15, 0.2) is 24.3 Å². The molecule has 1 atom stereocenters. The van der Waals surface area contributed by atoms with Crippen molar-refractivity contribution in [3.63, 3.8) is 0 Å². The zero-order chi connectivity index (χ0) is 6.53. The molecule has 1 aliphatic carbocycles. The van der Waals surface area contributed by atoms with Crippen LogP contribution in [0, 0.1) is 12.8 Å². The highest BCUT2D eigenvalue weighted by Crippen LogP contribution is 2.17. The van der Waals surface area contributed by atoms with Gasteiger partial charge in [-0.2, -0.15) is 0 Å². The van der Waals surface area contributed by atoms with Gasteiger partial charge in [0.05, 0.1) is 0 Å². The molecule has 1 rings (SSSR count). The smallest absolute Gasteiger partial charge is 0.00190 e. The number of allylic oxidation sites excluding steroid dienone is 4. The largest absolute Gasteiger partial charge is 0.0879 e. The van der Waals surface area contributed by atoms with Crippen LogP contribution in [0.1, 0.15) is 19.3 Å². The molecule has 0 amide bonds. The Bertz CT molecular complexity index is 120. The molecule has 0 heterocycles. The van der Waals surface area contributed by atoms with Crippen LogP contribution in [0.3, 0.4) is 0 Å². The quantitative estimate of drug-likeness (QED) is 0.504. The van der Waals surface area contributed by atoms with E-state index in [0.717, 1.165) is 18.8 Å². The predicted molar refractivity (Wildman–Crippen MR) is 41.0 cm³/mol. The first-order valence-electron chi connectivity index (χ1n) is 3.56. The van der Waals surface area contributed by atoms with Crippen molar-refractivity contribution in [3.05, 3.63) is 31.2 Å². The maximum atomic E-state index is 3.76. The van der Waals surface area contributed by atoms with Gasteiger partial charge < -0.3 is 0 Å². The zero-order valence-electron chi connectivity index (χ0n) is 5.72. The highest BCUT2D eigenvalue weighted by Gasteiger charge is 2.03. The van der Waals surface area contributed by atoms with Crippen molar-refractivity contribution in [2.24, 2.45) is 5.92 Å². The molecular weight excluding hydrogens is 108 g/mol. The van der Waals surface area contributed by atoms with Crippen molar-refractivity contribution in [1.82, 2.24) is 0 Å².